The van der Waals surface area contributed by atoms with Crippen LogP contribution in [-0.2, 0) is 14.3 Å². The van der Waals surface area contributed by atoms with Gasteiger partial charge in [-0.15, -0.1) is 0 Å². The van der Waals surface area contributed by atoms with Gasteiger partial charge in [0.2, 0.25) is 0 Å². The van der Waals surface area contributed by atoms with Gasteiger partial charge in [0.1, 0.15) is 12.2 Å². The number of fused-ring (bicyclic) bond motifs is 1. The maximum absolute atomic E-state index is 12.7. The molecule has 0 spiro atoms. The molecule has 0 radical (unpaired) electrons. The number of carbonyl (C=O) groups is 2. The molecule has 5 heteroatoms. The lowest BCUT2D eigenvalue weighted by atomic mass is 9.46. The van der Waals surface area contributed by atoms with Crippen LogP contribution in [-0.4, -0.2) is 41.3 Å². The zero-order valence-corrected chi connectivity index (χ0v) is 15.1. The summed E-state index contributed by atoms with van der Waals surface area (Å²) in [4.78, 5) is 24.4. The lowest BCUT2D eigenvalue weighted by Crippen LogP contribution is -2.57. The highest BCUT2D eigenvalue weighted by Crippen LogP contribution is 2.61. The van der Waals surface area contributed by atoms with E-state index in [-0.39, 0.29) is 48.2 Å². The molecule has 3 rings (SSSR count). The van der Waals surface area contributed by atoms with Gasteiger partial charge in [-0.25, -0.2) is 4.79 Å². The van der Waals surface area contributed by atoms with E-state index in [2.05, 4.69) is 13.5 Å². The first kappa shape index (κ1) is 18.3. The second kappa shape index (κ2) is 6.36. The number of aliphatic hydroxyl groups is 2. The van der Waals surface area contributed by atoms with E-state index in [0.717, 1.165) is 24.8 Å². The molecule has 5 atom stereocenters. The number of carbonyl (C=O) groups excluding carboxylic acids is 2. The van der Waals surface area contributed by atoms with E-state index < -0.39 is 17.5 Å². The average Bonchev–Trinajstić information content (AvgIpc) is 3.01. The van der Waals surface area contributed by atoms with Gasteiger partial charge < -0.3 is 14.9 Å². The summed E-state index contributed by atoms with van der Waals surface area (Å²) < 4.78 is 4.86. The van der Waals surface area contributed by atoms with Gasteiger partial charge in [0.15, 0.2) is 5.78 Å². The highest BCUT2D eigenvalue weighted by atomic mass is 16.5. The molecule has 0 aromatic rings. The molecule has 25 heavy (non-hydrogen) atoms. The monoisotopic (exact) mass is 348 g/mol. The lowest BCUT2D eigenvalue weighted by Gasteiger charge is -2.59. The van der Waals surface area contributed by atoms with Crippen LogP contribution in [0.5, 0.6) is 0 Å². The molecule has 2 N–H and O–H groups in total. The van der Waals surface area contributed by atoms with Crippen LogP contribution in [0.25, 0.3) is 0 Å². The molecular weight excluding hydrogens is 320 g/mol. The number of ether oxygens (including phenoxy) is 1. The first-order chi connectivity index (χ1) is 11.7. The highest BCUT2D eigenvalue weighted by molar-refractivity contribution is 6.18. The third-order valence-corrected chi connectivity index (χ3v) is 7.11. The Hall–Kier alpha value is -1.46. The fraction of sp³-hybridized carbons (Fsp3) is 0.700. The minimum Gasteiger partial charge on any atom is -0.458 e. The zero-order chi connectivity index (χ0) is 18.4. The second-order valence-corrected chi connectivity index (χ2v) is 8.37. The van der Waals surface area contributed by atoms with Crippen LogP contribution in [0.2, 0.25) is 0 Å². The Morgan fingerprint density at radius 2 is 2.12 bits per heavy atom. The summed E-state index contributed by atoms with van der Waals surface area (Å²) >= 11 is 0. The van der Waals surface area contributed by atoms with Gasteiger partial charge in [-0.3, -0.25) is 4.79 Å². The molecule has 0 aromatic heterocycles. The predicted molar refractivity (Wildman–Crippen MR) is 92.6 cm³/mol. The number of aliphatic hydroxyl groups excluding tert-OH is 2. The summed E-state index contributed by atoms with van der Waals surface area (Å²) in [7, 11) is 0. The van der Waals surface area contributed by atoms with Crippen molar-refractivity contribution in [2.75, 3.05) is 13.2 Å². The summed E-state index contributed by atoms with van der Waals surface area (Å²) in [5.74, 6) is -0.660. The van der Waals surface area contributed by atoms with Gasteiger partial charge in [-0.1, -0.05) is 26.0 Å². The molecule has 0 bridgehead atoms. The number of ketones is 1. The molecule has 2 aliphatic carbocycles. The van der Waals surface area contributed by atoms with Crippen LogP contribution in [0.1, 0.15) is 46.0 Å². The van der Waals surface area contributed by atoms with Crippen molar-refractivity contribution < 1.29 is 24.5 Å². The van der Waals surface area contributed by atoms with E-state index >= 15 is 0 Å². The largest absolute Gasteiger partial charge is 0.458 e. The van der Waals surface area contributed by atoms with Crippen molar-refractivity contribution in [1.29, 1.82) is 0 Å². The van der Waals surface area contributed by atoms with Crippen molar-refractivity contribution in [1.82, 2.24) is 0 Å². The maximum Gasteiger partial charge on any atom is 0.341 e. The van der Waals surface area contributed by atoms with Crippen molar-refractivity contribution in [3.8, 4) is 0 Å². The molecule has 0 aromatic carbocycles. The van der Waals surface area contributed by atoms with Crippen LogP contribution in [0.15, 0.2) is 23.8 Å². The molecule has 2 fully saturated rings. The quantitative estimate of drug-likeness (QED) is 0.462. The molecule has 5 nitrogen and oxygen atoms in total. The van der Waals surface area contributed by atoms with Crippen LogP contribution >= 0.6 is 0 Å². The van der Waals surface area contributed by atoms with Gasteiger partial charge >= 0.3 is 5.97 Å². The smallest absolute Gasteiger partial charge is 0.341 e. The zero-order valence-electron chi connectivity index (χ0n) is 15.1. The fourth-order valence-corrected chi connectivity index (χ4v) is 5.46. The minimum absolute atomic E-state index is 0.0496. The number of cyclic esters (lactones) is 1. The van der Waals surface area contributed by atoms with Crippen LogP contribution in [0.3, 0.4) is 0 Å². The van der Waals surface area contributed by atoms with Gasteiger partial charge in [-0.05, 0) is 49.0 Å². The van der Waals surface area contributed by atoms with E-state index in [0.29, 0.717) is 6.42 Å². The molecule has 0 saturated heterocycles. The first-order valence-corrected chi connectivity index (χ1v) is 9.11. The van der Waals surface area contributed by atoms with E-state index in [1.807, 2.05) is 6.92 Å². The number of Topliss-reactive ketones (excluding diaryl/α,β-unsaturated/α-hetero) is 1. The van der Waals surface area contributed by atoms with E-state index in [4.69, 9.17) is 4.74 Å². The van der Waals surface area contributed by atoms with E-state index in [1.165, 1.54) is 0 Å². The standard InChI is InChI=1S/C20H28O5/c1-12-4-5-16-19(2,8-6-17(23)20(16,3)11-21)14(12)10-15(22)13-7-9-25-18(13)24/h7,14,16-17,21,23H,1,4-6,8-11H2,2-3H3/t14-,16+,17-,19+,20+/m1/s1. The van der Waals surface area contributed by atoms with Gasteiger partial charge in [-0.2, -0.15) is 0 Å². The number of esters is 1. The molecule has 1 aliphatic heterocycles. The van der Waals surface area contributed by atoms with Crippen molar-refractivity contribution >= 4 is 11.8 Å². The SMILES string of the molecule is C=C1CC[C@@H]2[C@](C)(CO)[C@H](O)CC[C@@]2(C)[C@@H]1CC(=O)C1=CCOC1=O. The Kier molecular flexibility index (Phi) is 4.67. The Morgan fingerprint density at radius 1 is 1.40 bits per heavy atom. The van der Waals surface area contributed by atoms with Crippen molar-refractivity contribution in [3.63, 3.8) is 0 Å². The number of rotatable bonds is 4. The first-order valence-electron chi connectivity index (χ1n) is 9.11. The number of hydrogen-bond donors (Lipinski definition) is 2. The van der Waals surface area contributed by atoms with Crippen LogP contribution < -0.4 is 0 Å². The Labute approximate surface area is 148 Å². The minimum atomic E-state index is -0.569. The van der Waals surface area contributed by atoms with Crippen molar-refractivity contribution in [3.05, 3.63) is 23.8 Å². The van der Waals surface area contributed by atoms with Crippen molar-refractivity contribution in [2.24, 2.45) is 22.7 Å². The topological polar surface area (TPSA) is 83.8 Å². The van der Waals surface area contributed by atoms with Crippen molar-refractivity contribution in [2.45, 2.75) is 52.1 Å². The Morgan fingerprint density at radius 3 is 2.72 bits per heavy atom. The third-order valence-electron chi connectivity index (χ3n) is 7.11. The molecule has 2 saturated carbocycles. The van der Waals surface area contributed by atoms with Gasteiger partial charge in [0.05, 0.1) is 12.7 Å². The van der Waals surface area contributed by atoms with Gasteiger partial charge in [0, 0.05) is 11.8 Å². The molecule has 138 valence electrons. The van der Waals surface area contributed by atoms with E-state index in [9.17, 15) is 19.8 Å². The summed E-state index contributed by atoms with van der Waals surface area (Å²) in [6.07, 6.45) is 4.29. The average molecular weight is 348 g/mol. The van der Waals surface area contributed by atoms with Crippen LogP contribution in [0.4, 0.5) is 0 Å². The second-order valence-electron chi connectivity index (χ2n) is 8.37. The highest BCUT2D eigenvalue weighted by Gasteiger charge is 2.57. The third kappa shape index (κ3) is 2.77. The van der Waals surface area contributed by atoms with Crippen LogP contribution in [0, 0.1) is 22.7 Å². The molecule has 3 aliphatic rings. The summed E-state index contributed by atoms with van der Waals surface area (Å²) in [6.45, 7) is 8.41. The molecule has 0 unspecified atom stereocenters. The molecular formula is C20H28O5. The molecule has 0 amide bonds. The lowest BCUT2D eigenvalue weighted by molar-refractivity contribution is -0.154. The maximum atomic E-state index is 12.7. The number of allylic oxidation sites excluding steroid dienone is 1. The Balaban J connectivity index is 1.89. The summed E-state index contributed by atoms with van der Waals surface area (Å²) in [5.41, 5.74) is 0.403. The Bertz CT molecular complexity index is 636. The molecule has 1 heterocycles. The normalized spacial score (nSPS) is 41.1. The predicted octanol–water partition coefficient (Wildman–Crippen LogP) is 2.17. The van der Waals surface area contributed by atoms with Gasteiger partial charge in [0.25, 0.3) is 0 Å². The number of hydrogen-bond acceptors (Lipinski definition) is 5. The summed E-state index contributed by atoms with van der Waals surface area (Å²) in [6, 6.07) is 0. The van der Waals surface area contributed by atoms with E-state index in [1.54, 1.807) is 6.08 Å². The summed E-state index contributed by atoms with van der Waals surface area (Å²) in [5, 5.41) is 20.5. The fourth-order valence-electron chi connectivity index (χ4n) is 5.46.